The summed E-state index contributed by atoms with van der Waals surface area (Å²) in [4.78, 5) is 0. The van der Waals surface area contributed by atoms with Crippen molar-refractivity contribution in [2.75, 3.05) is 45.4 Å². The van der Waals surface area contributed by atoms with Gasteiger partial charge in [-0.3, -0.25) is 0 Å². The smallest absolute Gasteiger partial charge is 0.396 e. The minimum atomic E-state index is -2.59. The van der Waals surface area contributed by atoms with Gasteiger partial charge in [0.05, 0.1) is 0 Å². The van der Waals surface area contributed by atoms with E-state index >= 15 is 0 Å². The highest BCUT2D eigenvalue weighted by Gasteiger charge is 2.44. The van der Waals surface area contributed by atoms with E-state index in [0.717, 1.165) is 30.7 Å². The van der Waals surface area contributed by atoms with Gasteiger partial charge in [0.15, 0.2) is 0 Å². The van der Waals surface area contributed by atoms with Gasteiger partial charge in [-0.25, -0.2) is 0 Å². The number of thiol groups is 1. The zero-order chi connectivity index (χ0) is 21.0. The summed E-state index contributed by atoms with van der Waals surface area (Å²) < 4.78 is 30.8. The Bertz CT molecular complexity index is 406. The van der Waals surface area contributed by atoms with Crippen LogP contribution in [0.5, 0.6) is 0 Å². The quantitative estimate of drug-likeness (QED) is 0.290. The lowest BCUT2D eigenvalue weighted by molar-refractivity contribution is -0.0135. The van der Waals surface area contributed by atoms with Crippen molar-refractivity contribution in [2.45, 2.75) is 59.2 Å². The fourth-order valence-electron chi connectivity index (χ4n) is 2.87. The largest absolute Gasteiger partial charge is 0.501 e. The lowest BCUT2D eigenvalue weighted by Crippen LogP contribution is -2.52. The first-order chi connectivity index (χ1) is 13.3. The average Bonchev–Trinajstić information content (AvgIpc) is 2.69. The molecule has 0 aromatic carbocycles. The molecule has 1 saturated heterocycles. The van der Waals surface area contributed by atoms with Crippen molar-refractivity contribution in [3.8, 4) is 0 Å². The number of hydrogen-bond acceptors (Lipinski definition) is 7. The molecule has 1 heterocycles. The zero-order valence-electron chi connectivity index (χ0n) is 18.4. The van der Waals surface area contributed by atoms with E-state index in [2.05, 4.69) is 39.9 Å². The molecule has 6 nitrogen and oxygen atoms in total. The maximum absolute atomic E-state index is 9.23. The second-order valence-corrected chi connectivity index (χ2v) is 15.0. The predicted octanol–water partition coefficient (Wildman–Crippen LogP) is 3.72. The Morgan fingerprint density at radius 2 is 1.75 bits per heavy atom. The van der Waals surface area contributed by atoms with Crippen LogP contribution in [0.4, 0.5) is 0 Å². The van der Waals surface area contributed by atoms with Crippen molar-refractivity contribution in [1.82, 2.24) is 0 Å². The summed E-state index contributed by atoms with van der Waals surface area (Å²) >= 11 is 4.32. The fraction of sp³-hybridized carbons (Fsp3) is 1.00. The molecule has 168 valence electrons. The second-order valence-electron chi connectivity index (χ2n) is 8.45. The van der Waals surface area contributed by atoms with Crippen LogP contribution >= 0.6 is 12.6 Å². The molecule has 1 rings (SSSR count). The molecule has 28 heavy (non-hydrogen) atoms. The van der Waals surface area contributed by atoms with Crippen LogP contribution in [0.25, 0.3) is 0 Å². The van der Waals surface area contributed by atoms with Gasteiger partial charge >= 0.3 is 17.4 Å². The molecule has 1 N–H and O–H groups in total. The lowest BCUT2D eigenvalue weighted by Gasteiger charge is -2.36. The zero-order valence-corrected chi connectivity index (χ0v) is 21.3. The fourth-order valence-corrected chi connectivity index (χ4v) is 8.79. The Hall–Kier alpha value is 0.544. The first-order valence-corrected chi connectivity index (χ1v) is 15.8. The third-order valence-electron chi connectivity index (χ3n) is 4.77. The molecule has 3 atom stereocenters. The molecule has 9 heteroatoms. The number of hydrogen-bond donors (Lipinski definition) is 2. The van der Waals surface area contributed by atoms with E-state index < -0.39 is 17.4 Å². The SMILES string of the molecule is CCC[Si](C)(OCC(C)CO)OCC(C)CO[Si]1(CCCS)OCC(C)CO1. The van der Waals surface area contributed by atoms with Gasteiger partial charge in [-0.15, -0.1) is 0 Å². The predicted molar refractivity (Wildman–Crippen MR) is 120 cm³/mol. The molecule has 0 saturated carbocycles. The van der Waals surface area contributed by atoms with Crippen LogP contribution in [0.2, 0.25) is 18.6 Å². The van der Waals surface area contributed by atoms with Crippen LogP contribution in [0, 0.1) is 17.8 Å². The molecule has 1 fully saturated rings. The third-order valence-corrected chi connectivity index (χ3v) is 10.8. The molecule has 0 spiro atoms. The van der Waals surface area contributed by atoms with Crippen molar-refractivity contribution in [1.29, 1.82) is 0 Å². The van der Waals surface area contributed by atoms with E-state index in [1.165, 1.54) is 0 Å². The van der Waals surface area contributed by atoms with Crippen molar-refractivity contribution in [2.24, 2.45) is 17.8 Å². The summed E-state index contributed by atoms with van der Waals surface area (Å²) in [6.45, 7) is 13.8. The minimum absolute atomic E-state index is 0.133. The Morgan fingerprint density at radius 3 is 2.29 bits per heavy atom. The van der Waals surface area contributed by atoms with E-state index in [-0.39, 0.29) is 18.4 Å². The van der Waals surface area contributed by atoms with E-state index in [1.807, 2.05) is 6.92 Å². The monoisotopic (exact) mass is 454 g/mol. The molecule has 0 radical (unpaired) electrons. The number of aliphatic hydroxyl groups excluding tert-OH is 1. The Kier molecular flexibility index (Phi) is 13.1. The van der Waals surface area contributed by atoms with Crippen LogP contribution in [-0.4, -0.2) is 67.9 Å². The maximum atomic E-state index is 9.23. The van der Waals surface area contributed by atoms with Gasteiger partial charge in [0.25, 0.3) is 0 Å². The summed E-state index contributed by atoms with van der Waals surface area (Å²) in [5.41, 5.74) is 0. The van der Waals surface area contributed by atoms with Gasteiger partial charge < -0.3 is 27.2 Å². The van der Waals surface area contributed by atoms with Crippen molar-refractivity contribution >= 4 is 30.0 Å². The Morgan fingerprint density at radius 1 is 1.14 bits per heavy atom. The summed E-state index contributed by atoms with van der Waals surface area (Å²) in [5.74, 6) is 1.59. The van der Waals surface area contributed by atoms with E-state index in [1.54, 1.807) is 0 Å². The first kappa shape index (κ1) is 26.6. The van der Waals surface area contributed by atoms with Crippen molar-refractivity contribution in [3.05, 3.63) is 0 Å². The van der Waals surface area contributed by atoms with Crippen LogP contribution in [0.3, 0.4) is 0 Å². The molecule has 1 aliphatic rings. The molecule has 0 aromatic rings. The van der Waals surface area contributed by atoms with Gasteiger partial charge in [0.1, 0.15) is 0 Å². The summed E-state index contributed by atoms with van der Waals surface area (Å²) in [6, 6.07) is 1.77. The highest BCUT2D eigenvalue weighted by atomic mass is 32.1. The summed E-state index contributed by atoms with van der Waals surface area (Å²) in [5, 5.41) is 9.23. The number of rotatable bonds is 15. The molecular formula is C19H42O6SSi2. The topological polar surface area (TPSA) is 66.4 Å². The molecule has 0 aromatic heterocycles. The normalized spacial score (nSPS) is 27.3. The lowest BCUT2D eigenvalue weighted by atomic mass is 10.2. The summed E-state index contributed by atoms with van der Waals surface area (Å²) in [6.07, 6.45) is 1.97. The van der Waals surface area contributed by atoms with Gasteiger partial charge in [-0.2, -0.15) is 12.6 Å². The molecule has 0 bridgehead atoms. The standard InChI is InChI=1S/C19H42O6SSi2/c1-6-9-27(5,21-12-17(2)11-20)22-13-18(3)14-23-28(10-7-8-26)24-15-19(4)16-25-28/h17-20,26H,6-16H2,1-5H3. The van der Waals surface area contributed by atoms with E-state index in [4.69, 9.17) is 22.1 Å². The highest BCUT2D eigenvalue weighted by molar-refractivity contribution is 7.80. The molecule has 0 aliphatic carbocycles. The van der Waals surface area contributed by atoms with Crippen molar-refractivity contribution in [3.63, 3.8) is 0 Å². The van der Waals surface area contributed by atoms with Crippen LogP contribution in [-0.2, 0) is 22.1 Å². The van der Waals surface area contributed by atoms with Crippen LogP contribution in [0.15, 0.2) is 0 Å². The molecule has 0 amide bonds. The minimum Gasteiger partial charge on any atom is -0.396 e. The van der Waals surface area contributed by atoms with Gasteiger partial charge in [-0.05, 0) is 24.8 Å². The first-order valence-electron chi connectivity index (χ1n) is 10.7. The maximum Gasteiger partial charge on any atom is 0.501 e. The Labute approximate surface area is 179 Å². The number of aliphatic hydroxyl groups is 1. The molecule has 3 unspecified atom stereocenters. The van der Waals surface area contributed by atoms with Crippen LogP contribution < -0.4 is 0 Å². The van der Waals surface area contributed by atoms with Crippen molar-refractivity contribution < 1.29 is 27.2 Å². The van der Waals surface area contributed by atoms with Gasteiger partial charge in [-0.1, -0.05) is 34.1 Å². The van der Waals surface area contributed by atoms with E-state index in [9.17, 15) is 5.11 Å². The summed E-state index contributed by atoms with van der Waals surface area (Å²) in [7, 11) is -4.82. The molecule has 1 aliphatic heterocycles. The second kappa shape index (κ2) is 13.8. The van der Waals surface area contributed by atoms with Crippen LogP contribution in [0.1, 0.15) is 40.5 Å². The van der Waals surface area contributed by atoms with E-state index in [0.29, 0.717) is 39.0 Å². The Balaban J connectivity index is 2.49. The van der Waals surface area contributed by atoms with Gasteiger partial charge in [0.2, 0.25) is 0 Å². The highest BCUT2D eigenvalue weighted by Crippen LogP contribution is 2.26. The molecular weight excluding hydrogens is 412 g/mol. The third kappa shape index (κ3) is 10.0. The average molecular weight is 455 g/mol. The van der Waals surface area contributed by atoms with Gasteiger partial charge in [0, 0.05) is 63.4 Å².